The average molecular weight is 597 g/mol. The molecule has 6 nitrogen and oxygen atoms in total. The molecule has 2 amide bonds. The number of carbonyl (C=O) groups excluding carboxylic acids is 1. The number of carbonyl (C=O) groups is 2. The van der Waals surface area contributed by atoms with Crippen molar-refractivity contribution in [3.05, 3.63) is 112 Å². The smallest absolute Gasteiger partial charge is 0.335 e. The highest BCUT2D eigenvalue weighted by atomic mass is 35.5. The van der Waals surface area contributed by atoms with Crippen LogP contribution in [0.3, 0.4) is 0 Å². The Morgan fingerprint density at radius 1 is 1.05 bits per heavy atom. The Morgan fingerprint density at radius 3 is 2.54 bits per heavy atom. The molecule has 5 rings (SSSR count). The number of benzene rings is 4. The largest absolute Gasteiger partial charge is 0.478 e. The zero-order valence-electron chi connectivity index (χ0n) is 22.5. The molecule has 4 aromatic rings. The van der Waals surface area contributed by atoms with Crippen molar-refractivity contribution in [3.63, 3.8) is 0 Å². The zero-order valence-corrected chi connectivity index (χ0v) is 24.1. The third-order valence-electron chi connectivity index (χ3n) is 7.78. The molecule has 0 spiro atoms. The fourth-order valence-electron chi connectivity index (χ4n) is 5.57. The summed E-state index contributed by atoms with van der Waals surface area (Å²) in [4.78, 5) is 26.1. The Hall–Kier alpha value is -3.65. The van der Waals surface area contributed by atoms with Crippen LogP contribution in [0, 0.1) is 11.7 Å². The van der Waals surface area contributed by atoms with Gasteiger partial charge in [0, 0.05) is 25.0 Å². The molecule has 214 valence electrons. The summed E-state index contributed by atoms with van der Waals surface area (Å²) in [5, 5.41) is 18.2. The highest BCUT2D eigenvalue weighted by molar-refractivity contribution is 6.34. The first-order chi connectivity index (χ1) is 19.3. The van der Waals surface area contributed by atoms with Crippen LogP contribution in [0.2, 0.25) is 5.02 Å². The molecule has 2 unspecified atom stereocenters. The van der Waals surface area contributed by atoms with Crippen LogP contribution in [0.4, 0.5) is 14.9 Å². The van der Waals surface area contributed by atoms with E-state index >= 15 is 4.39 Å². The summed E-state index contributed by atoms with van der Waals surface area (Å²) < 4.78 is 15.0. The third kappa shape index (κ3) is 6.81. The maximum absolute atomic E-state index is 15.0. The van der Waals surface area contributed by atoms with Crippen LogP contribution in [0.1, 0.15) is 46.8 Å². The van der Waals surface area contributed by atoms with Gasteiger partial charge in [-0.15, -0.1) is 12.4 Å². The van der Waals surface area contributed by atoms with Crippen molar-refractivity contribution in [3.8, 4) is 0 Å². The number of aromatic carboxylic acids is 1. The van der Waals surface area contributed by atoms with E-state index in [1.807, 2.05) is 18.2 Å². The summed E-state index contributed by atoms with van der Waals surface area (Å²) in [5.74, 6) is -1.48. The fourth-order valence-corrected chi connectivity index (χ4v) is 5.80. The molecule has 41 heavy (non-hydrogen) atoms. The SMILES string of the molecule is C[C@@H](NCC1CCN(C(=O)Nc2ccc(C(=O)O)cc2Cl)CC1c1ccccc1F)c1cccc2ccccc12.Cl. The molecule has 1 heterocycles. The van der Waals surface area contributed by atoms with E-state index < -0.39 is 5.97 Å². The standard InChI is InChI=1S/C32H31ClFN3O3.ClH/c1-20(24-11-6-8-21-7-2-3-9-25(21)24)35-18-23-15-16-37(19-27(23)26-10-4-5-12-29(26)34)32(40)36-30-14-13-22(31(38)39)17-28(30)33;/h2-14,17,20,23,27,35H,15-16,18-19H2,1H3,(H,36,40)(H,38,39);1H/t20-,23?,27?;/m1./s1. The second kappa shape index (κ2) is 13.3. The second-order valence-electron chi connectivity index (χ2n) is 10.3. The third-order valence-corrected chi connectivity index (χ3v) is 8.09. The van der Waals surface area contributed by atoms with Gasteiger partial charge < -0.3 is 20.6 Å². The van der Waals surface area contributed by atoms with Crippen molar-refractivity contribution in [2.45, 2.75) is 25.3 Å². The number of hydrogen-bond acceptors (Lipinski definition) is 3. The lowest BCUT2D eigenvalue weighted by atomic mass is 9.80. The van der Waals surface area contributed by atoms with E-state index in [9.17, 15) is 9.59 Å². The normalized spacial score (nSPS) is 17.5. The van der Waals surface area contributed by atoms with Gasteiger partial charge in [-0.1, -0.05) is 72.3 Å². The lowest BCUT2D eigenvalue weighted by Gasteiger charge is -2.39. The van der Waals surface area contributed by atoms with E-state index in [1.165, 1.54) is 40.6 Å². The second-order valence-corrected chi connectivity index (χ2v) is 10.7. The van der Waals surface area contributed by atoms with Gasteiger partial charge in [0.1, 0.15) is 5.82 Å². The van der Waals surface area contributed by atoms with Crippen LogP contribution < -0.4 is 10.6 Å². The van der Waals surface area contributed by atoms with Gasteiger partial charge in [-0.25, -0.2) is 14.0 Å². The molecule has 0 radical (unpaired) electrons. The molecule has 0 saturated carbocycles. The highest BCUT2D eigenvalue weighted by Crippen LogP contribution is 2.35. The van der Waals surface area contributed by atoms with Crippen LogP contribution in [0.15, 0.2) is 84.9 Å². The number of rotatable bonds is 7. The molecule has 0 aliphatic carbocycles. The van der Waals surface area contributed by atoms with Crippen LogP contribution in [-0.4, -0.2) is 41.6 Å². The number of fused-ring (bicyclic) bond motifs is 1. The first kappa shape index (κ1) is 30.3. The average Bonchev–Trinajstić information content (AvgIpc) is 2.96. The van der Waals surface area contributed by atoms with Crippen molar-refractivity contribution < 1.29 is 19.1 Å². The number of nitrogens with zero attached hydrogens (tertiary/aromatic N) is 1. The number of piperidine rings is 1. The molecule has 3 atom stereocenters. The lowest BCUT2D eigenvalue weighted by Crippen LogP contribution is -2.47. The molecular weight excluding hydrogens is 564 g/mol. The molecule has 1 aliphatic heterocycles. The molecule has 0 bridgehead atoms. The predicted molar refractivity (Wildman–Crippen MR) is 164 cm³/mol. The van der Waals surface area contributed by atoms with Gasteiger partial charge in [-0.3, -0.25) is 0 Å². The molecule has 1 fully saturated rings. The first-order valence-electron chi connectivity index (χ1n) is 13.4. The summed E-state index contributed by atoms with van der Waals surface area (Å²) in [5.41, 5.74) is 2.16. The number of urea groups is 1. The quantitative estimate of drug-likeness (QED) is 0.204. The Kier molecular flexibility index (Phi) is 9.86. The van der Waals surface area contributed by atoms with Gasteiger partial charge in [0.25, 0.3) is 0 Å². The van der Waals surface area contributed by atoms with E-state index in [2.05, 4.69) is 47.9 Å². The topological polar surface area (TPSA) is 81.7 Å². The van der Waals surface area contributed by atoms with Gasteiger partial charge in [0.2, 0.25) is 0 Å². The number of carboxylic acid groups (broad SMARTS) is 1. The van der Waals surface area contributed by atoms with Gasteiger partial charge in [-0.2, -0.15) is 0 Å². The van der Waals surface area contributed by atoms with Crippen molar-refractivity contribution >= 4 is 52.5 Å². The minimum Gasteiger partial charge on any atom is -0.478 e. The zero-order chi connectivity index (χ0) is 28.2. The minimum absolute atomic E-state index is 0. The Balaban J connectivity index is 0.00000387. The summed E-state index contributed by atoms with van der Waals surface area (Å²) in [6.07, 6.45) is 0.688. The van der Waals surface area contributed by atoms with Crippen LogP contribution in [0.25, 0.3) is 10.8 Å². The van der Waals surface area contributed by atoms with Crippen LogP contribution in [-0.2, 0) is 0 Å². The van der Waals surface area contributed by atoms with E-state index in [4.69, 9.17) is 16.7 Å². The first-order valence-corrected chi connectivity index (χ1v) is 13.7. The van der Waals surface area contributed by atoms with Crippen molar-refractivity contribution in [1.82, 2.24) is 10.2 Å². The fraction of sp³-hybridized carbons (Fsp3) is 0.250. The summed E-state index contributed by atoms with van der Waals surface area (Å²) in [6.45, 7) is 3.65. The Bertz CT molecular complexity index is 1540. The van der Waals surface area contributed by atoms with Crippen LogP contribution in [0.5, 0.6) is 0 Å². The predicted octanol–water partition coefficient (Wildman–Crippen LogP) is 7.74. The van der Waals surface area contributed by atoms with Crippen molar-refractivity contribution in [2.24, 2.45) is 5.92 Å². The highest BCUT2D eigenvalue weighted by Gasteiger charge is 2.34. The van der Waals surface area contributed by atoms with Crippen molar-refractivity contribution in [1.29, 1.82) is 0 Å². The summed E-state index contributed by atoms with van der Waals surface area (Å²) >= 11 is 6.23. The maximum Gasteiger partial charge on any atom is 0.335 e. The maximum atomic E-state index is 15.0. The number of halogens is 3. The van der Waals surface area contributed by atoms with Gasteiger partial charge in [0.05, 0.1) is 16.3 Å². The number of amides is 2. The summed E-state index contributed by atoms with van der Waals surface area (Å²) in [7, 11) is 0. The molecule has 1 aliphatic rings. The lowest BCUT2D eigenvalue weighted by molar-refractivity contribution is 0.0697. The number of likely N-dealkylation sites (tertiary alicyclic amines) is 1. The Morgan fingerprint density at radius 2 is 1.78 bits per heavy atom. The van der Waals surface area contributed by atoms with Gasteiger partial charge in [0.15, 0.2) is 0 Å². The summed E-state index contributed by atoms with van der Waals surface area (Å²) in [6, 6.07) is 25.3. The van der Waals surface area contributed by atoms with E-state index in [-0.39, 0.29) is 52.7 Å². The van der Waals surface area contributed by atoms with Crippen molar-refractivity contribution in [2.75, 3.05) is 25.0 Å². The molecule has 0 aromatic heterocycles. The Labute approximate surface area is 249 Å². The number of anilines is 1. The van der Waals surface area contributed by atoms with E-state index in [1.54, 1.807) is 17.0 Å². The van der Waals surface area contributed by atoms with Gasteiger partial charge in [-0.05, 0) is 72.0 Å². The minimum atomic E-state index is -1.10. The molecule has 3 N–H and O–H groups in total. The van der Waals surface area contributed by atoms with Gasteiger partial charge >= 0.3 is 12.0 Å². The molecule has 4 aromatic carbocycles. The van der Waals surface area contributed by atoms with E-state index in [0.717, 1.165) is 0 Å². The monoisotopic (exact) mass is 595 g/mol. The van der Waals surface area contributed by atoms with Crippen LogP contribution >= 0.6 is 24.0 Å². The molecule has 1 saturated heterocycles. The number of carboxylic acids is 1. The number of nitrogens with one attached hydrogen (secondary N) is 2. The van der Waals surface area contributed by atoms with E-state index in [0.29, 0.717) is 37.3 Å². The molecular formula is C32H32Cl2FN3O3. The number of hydrogen-bond donors (Lipinski definition) is 3. The molecule has 9 heteroatoms.